The lowest BCUT2D eigenvalue weighted by Crippen LogP contribution is -2.48. The van der Waals surface area contributed by atoms with Gasteiger partial charge in [-0.25, -0.2) is 0 Å². The van der Waals surface area contributed by atoms with Crippen LogP contribution in [0.2, 0.25) is 0 Å². The van der Waals surface area contributed by atoms with Crippen molar-refractivity contribution in [2.75, 3.05) is 13.1 Å². The number of nitrogens with two attached hydrogens (primary N) is 1. The maximum atomic E-state index is 12.1. The van der Waals surface area contributed by atoms with Gasteiger partial charge in [0.25, 0.3) is 0 Å². The number of nitrogens with zero attached hydrogens (tertiary/aromatic N) is 1. The Kier molecular flexibility index (Phi) is 4.36. The van der Waals surface area contributed by atoms with Crippen LogP contribution in [0, 0.1) is 5.92 Å². The molecule has 1 saturated heterocycles. The number of hydrogen-bond donors (Lipinski definition) is 1. The van der Waals surface area contributed by atoms with Gasteiger partial charge in [0.15, 0.2) is 0 Å². The van der Waals surface area contributed by atoms with Gasteiger partial charge in [-0.05, 0) is 32.1 Å². The molecule has 1 aliphatic carbocycles. The van der Waals surface area contributed by atoms with Crippen LogP contribution in [0.4, 0.5) is 0 Å². The Balaban J connectivity index is 1.80. The summed E-state index contributed by atoms with van der Waals surface area (Å²) in [6, 6.07) is 0. The highest BCUT2D eigenvalue weighted by Crippen LogP contribution is 2.25. The maximum Gasteiger partial charge on any atom is 0.149 e. The molecule has 0 aromatic heterocycles. The molecular weight excluding hydrogens is 200 g/mol. The SMILES string of the molecule is NC1CCCCN1CC(=O)C1CCCCC1. The molecule has 0 amide bonds. The van der Waals surface area contributed by atoms with E-state index in [0.717, 1.165) is 25.8 Å². The Hall–Kier alpha value is -0.410. The Labute approximate surface area is 98.4 Å². The smallest absolute Gasteiger partial charge is 0.149 e. The maximum absolute atomic E-state index is 12.1. The average Bonchev–Trinajstić information content (AvgIpc) is 2.33. The van der Waals surface area contributed by atoms with Gasteiger partial charge in [-0.15, -0.1) is 0 Å². The molecule has 1 atom stereocenters. The third-order valence-corrected chi connectivity index (χ3v) is 4.08. The molecule has 3 heteroatoms. The Bertz CT molecular complexity index is 236. The van der Waals surface area contributed by atoms with E-state index >= 15 is 0 Å². The first-order valence-electron chi connectivity index (χ1n) is 6.80. The van der Waals surface area contributed by atoms with Crippen molar-refractivity contribution in [3.63, 3.8) is 0 Å². The molecule has 16 heavy (non-hydrogen) atoms. The topological polar surface area (TPSA) is 46.3 Å². The van der Waals surface area contributed by atoms with Gasteiger partial charge in [-0.2, -0.15) is 0 Å². The summed E-state index contributed by atoms with van der Waals surface area (Å²) in [5.41, 5.74) is 6.03. The number of hydrogen-bond acceptors (Lipinski definition) is 3. The molecule has 0 bridgehead atoms. The molecule has 2 fully saturated rings. The molecule has 1 unspecified atom stereocenters. The van der Waals surface area contributed by atoms with Crippen molar-refractivity contribution < 1.29 is 4.79 Å². The number of piperidine rings is 1. The third-order valence-electron chi connectivity index (χ3n) is 4.08. The minimum atomic E-state index is 0.126. The predicted octanol–water partition coefficient (Wildman–Crippen LogP) is 1.91. The van der Waals surface area contributed by atoms with E-state index < -0.39 is 0 Å². The Morgan fingerprint density at radius 1 is 1.06 bits per heavy atom. The van der Waals surface area contributed by atoms with Gasteiger partial charge in [0.1, 0.15) is 5.78 Å². The van der Waals surface area contributed by atoms with E-state index in [4.69, 9.17) is 5.73 Å². The van der Waals surface area contributed by atoms with Crippen molar-refractivity contribution in [3.05, 3.63) is 0 Å². The molecule has 1 heterocycles. The summed E-state index contributed by atoms with van der Waals surface area (Å²) in [6.45, 7) is 1.62. The molecule has 1 aliphatic heterocycles. The molecule has 0 spiro atoms. The predicted molar refractivity (Wildman–Crippen MR) is 65.0 cm³/mol. The van der Waals surface area contributed by atoms with E-state index in [-0.39, 0.29) is 6.17 Å². The normalized spacial score (nSPS) is 29.2. The van der Waals surface area contributed by atoms with Crippen molar-refractivity contribution in [1.29, 1.82) is 0 Å². The second-order valence-corrected chi connectivity index (χ2v) is 5.33. The number of rotatable bonds is 3. The van der Waals surface area contributed by atoms with Crippen molar-refractivity contribution in [3.8, 4) is 0 Å². The highest BCUT2D eigenvalue weighted by Gasteiger charge is 2.26. The first-order valence-corrected chi connectivity index (χ1v) is 6.80. The fraction of sp³-hybridized carbons (Fsp3) is 0.923. The molecule has 2 N–H and O–H groups in total. The fourth-order valence-electron chi connectivity index (χ4n) is 2.97. The number of Topliss-reactive ketones (excluding diaryl/α,β-unsaturated/α-hetero) is 1. The monoisotopic (exact) mass is 224 g/mol. The zero-order valence-electron chi connectivity index (χ0n) is 10.2. The van der Waals surface area contributed by atoms with Crippen molar-refractivity contribution in [2.24, 2.45) is 11.7 Å². The van der Waals surface area contributed by atoms with Gasteiger partial charge >= 0.3 is 0 Å². The molecule has 0 aromatic rings. The lowest BCUT2D eigenvalue weighted by molar-refractivity contribution is -0.125. The second-order valence-electron chi connectivity index (χ2n) is 5.33. The molecule has 0 aromatic carbocycles. The van der Waals surface area contributed by atoms with Crippen LogP contribution in [0.1, 0.15) is 51.4 Å². The van der Waals surface area contributed by atoms with Gasteiger partial charge in [-0.1, -0.05) is 19.3 Å². The molecule has 2 aliphatic rings. The highest BCUT2D eigenvalue weighted by molar-refractivity contribution is 5.83. The van der Waals surface area contributed by atoms with Gasteiger partial charge in [0.2, 0.25) is 0 Å². The summed E-state index contributed by atoms with van der Waals surface area (Å²) in [5.74, 6) is 0.778. The molecule has 3 nitrogen and oxygen atoms in total. The van der Waals surface area contributed by atoms with Crippen LogP contribution < -0.4 is 5.73 Å². The van der Waals surface area contributed by atoms with Gasteiger partial charge in [0, 0.05) is 12.5 Å². The van der Waals surface area contributed by atoms with Gasteiger partial charge in [0.05, 0.1) is 12.7 Å². The summed E-state index contributed by atoms with van der Waals surface area (Å²) in [5, 5.41) is 0. The summed E-state index contributed by atoms with van der Waals surface area (Å²) >= 11 is 0. The Morgan fingerprint density at radius 3 is 2.44 bits per heavy atom. The highest BCUT2D eigenvalue weighted by atomic mass is 16.1. The van der Waals surface area contributed by atoms with E-state index in [1.807, 2.05) is 0 Å². The van der Waals surface area contributed by atoms with Crippen LogP contribution in [0.3, 0.4) is 0 Å². The number of likely N-dealkylation sites (tertiary alicyclic amines) is 1. The molecule has 1 saturated carbocycles. The van der Waals surface area contributed by atoms with Crippen LogP contribution >= 0.6 is 0 Å². The number of carbonyl (C=O) groups excluding carboxylic acids is 1. The molecule has 0 radical (unpaired) electrons. The second kappa shape index (κ2) is 5.78. The van der Waals surface area contributed by atoms with E-state index in [1.54, 1.807) is 0 Å². The van der Waals surface area contributed by atoms with Crippen molar-refractivity contribution in [2.45, 2.75) is 57.5 Å². The van der Waals surface area contributed by atoms with Crippen LogP contribution in [-0.4, -0.2) is 29.9 Å². The largest absolute Gasteiger partial charge is 0.316 e. The minimum Gasteiger partial charge on any atom is -0.316 e. The molecule has 92 valence electrons. The Morgan fingerprint density at radius 2 is 1.75 bits per heavy atom. The van der Waals surface area contributed by atoms with Crippen LogP contribution in [0.15, 0.2) is 0 Å². The third kappa shape index (κ3) is 3.05. The number of ketones is 1. The van der Waals surface area contributed by atoms with Crippen molar-refractivity contribution >= 4 is 5.78 Å². The van der Waals surface area contributed by atoms with Crippen LogP contribution in [0.5, 0.6) is 0 Å². The fourth-order valence-corrected chi connectivity index (χ4v) is 2.97. The zero-order chi connectivity index (χ0) is 11.4. The first-order chi connectivity index (χ1) is 7.77. The summed E-state index contributed by atoms with van der Waals surface area (Å²) in [6.07, 6.45) is 9.61. The standard InChI is InChI=1S/C13H24N2O/c14-13-8-4-5-9-15(13)10-12(16)11-6-2-1-3-7-11/h11,13H,1-10,14H2. The summed E-state index contributed by atoms with van der Waals surface area (Å²) in [7, 11) is 0. The van der Waals surface area contributed by atoms with E-state index in [2.05, 4.69) is 4.90 Å². The van der Waals surface area contributed by atoms with Crippen molar-refractivity contribution in [1.82, 2.24) is 4.90 Å². The summed E-state index contributed by atoms with van der Waals surface area (Å²) < 4.78 is 0. The van der Waals surface area contributed by atoms with Gasteiger partial charge < -0.3 is 5.73 Å². The van der Waals surface area contributed by atoms with E-state index in [1.165, 1.54) is 32.1 Å². The van der Waals surface area contributed by atoms with Gasteiger partial charge in [-0.3, -0.25) is 9.69 Å². The lowest BCUT2D eigenvalue weighted by Gasteiger charge is -2.33. The van der Waals surface area contributed by atoms with E-state index in [9.17, 15) is 4.79 Å². The van der Waals surface area contributed by atoms with Crippen LogP contribution in [-0.2, 0) is 4.79 Å². The lowest BCUT2D eigenvalue weighted by atomic mass is 9.86. The quantitative estimate of drug-likeness (QED) is 0.796. The molecule has 2 rings (SSSR count). The first kappa shape index (κ1) is 12.1. The minimum absolute atomic E-state index is 0.126. The summed E-state index contributed by atoms with van der Waals surface area (Å²) in [4.78, 5) is 14.3. The average molecular weight is 224 g/mol. The molecular formula is C13H24N2O. The van der Waals surface area contributed by atoms with Crippen LogP contribution in [0.25, 0.3) is 0 Å². The zero-order valence-corrected chi connectivity index (χ0v) is 10.2. The number of carbonyl (C=O) groups is 1. The van der Waals surface area contributed by atoms with E-state index in [0.29, 0.717) is 18.2 Å².